The van der Waals surface area contributed by atoms with Crippen LogP contribution in [0.15, 0.2) is 12.4 Å². The molecule has 0 aromatic carbocycles. The number of amides is 2. The lowest BCUT2D eigenvalue weighted by molar-refractivity contribution is -0.123. The molecule has 2 amide bonds. The molecule has 10 heterocycles. The van der Waals surface area contributed by atoms with Crippen LogP contribution in [-0.4, -0.2) is 150 Å². The third kappa shape index (κ3) is 11.5. The number of morpholine rings is 2. The van der Waals surface area contributed by atoms with Crippen LogP contribution in [0, 0.1) is 37.5 Å². The summed E-state index contributed by atoms with van der Waals surface area (Å²) >= 11 is 6.50. The molecular weight excluding hydrogens is 956 g/mol. The summed E-state index contributed by atoms with van der Waals surface area (Å²) in [4.78, 5) is 75.3. The molecule has 6 aliphatic rings. The minimum absolute atomic E-state index is 0.0775. The second-order valence-corrected chi connectivity index (χ2v) is 20.1. The summed E-state index contributed by atoms with van der Waals surface area (Å²) in [5.41, 5.74) is 28.3. The van der Waals surface area contributed by atoms with Crippen LogP contribution in [0.2, 0.25) is 5.28 Å². The average Bonchev–Trinajstić information content (AvgIpc) is 4.34. The number of aromatic nitrogens is 12. The zero-order valence-electron chi connectivity index (χ0n) is 41.5. The smallest absolute Gasteiger partial charge is 0.220 e. The third-order valence-corrected chi connectivity index (χ3v) is 14.7. The quantitative estimate of drug-likeness (QED) is 0.117. The van der Waals surface area contributed by atoms with Crippen molar-refractivity contribution in [2.75, 3.05) is 105 Å². The summed E-state index contributed by atoms with van der Waals surface area (Å²) in [6.07, 6.45) is 11.5. The number of nitrogens with one attached hydrogen (secondary N) is 1. The minimum atomic E-state index is -0.215. The number of nitrogens with two attached hydrogens (primary N) is 4. The first-order valence-corrected chi connectivity index (χ1v) is 25.9. The maximum Gasteiger partial charge on any atom is 0.220 e. The van der Waals surface area contributed by atoms with Crippen molar-refractivity contribution in [3.8, 4) is 22.8 Å². The van der Waals surface area contributed by atoms with E-state index in [1.54, 1.807) is 12.4 Å². The van der Waals surface area contributed by atoms with Crippen LogP contribution in [0.5, 0.6) is 0 Å². The van der Waals surface area contributed by atoms with E-state index in [-0.39, 0.29) is 35.5 Å². The van der Waals surface area contributed by atoms with E-state index in [0.29, 0.717) is 55.2 Å². The fourth-order valence-electron chi connectivity index (χ4n) is 9.73. The predicted molar refractivity (Wildman–Crippen MR) is 276 cm³/mol. The highest BCUT2D eigenvalue weighted by molar-refractivity contribution is 6.29. The third-order valence-electron chi connectivity index (χ3n) is 14.4. The zero-order chi connectivity index (χ0) is 50.8. The first-order valence-electron chi connectivity index (χ1n) is 25.5. The highest BCUT2D eigenvalue weighted by atomic mass is 35.5. The zero-order valence-corrected chi connectivity index (χ0v) is 42.3. The summed E-state index contributed by atoms with van der Waals surface area (Å²) in [5.74, 6) is 5.01. The maximum atomic E-state index is 11.7. The van der Waals surface area contributed by atoms with Crippen LogP contribution in [0.4, 0.5) is 29.5 Å². The van der Waals surface area contributed by atoms with Gasteiger partial charge in [-0.1, -0.05) is 0 Å². The molecule has 0 bridgehead atoms. The maximum absolute atomic E-state index is 11.7. The van der Waals surface area contributed by atoms with Gasteiger partial charge in [-0.25, -0.2) is 49.8 Å². The van der Waals surface area contributed by atoms with Gasteiger partial charge in [-0.05, 0) is 102 Å². The summed E-state index contributed by atoms with van der Waals surface area (Å²) in [6, 6.07) is 0. The molecule has 2 aliphatic carbocycles. The van der Waals surface area contributed by atoms with E-state index < -0.39 is 0 Å². The van der Waals surface area contributed by atoms with Crippen molar-refractivity contribution in [2.24, 2.45) is 35.1 Å². The summed E-state index contributed by atoms with van der Waals surface area (Å²) < 4.78 is 15.4. The normalized spacial score (nSPS) is 18.9. The molecular formula is C48H65ClN20O4. The van der Waals surface area contributed by atoms with Crippen LogP contribution in [-0.2, 0) is 32.2 Å². The number of nitrogens with zero attached hydrogens (tertiary/aromatic N) is 15. The lowest BCUT2D eigenvalue weighted by atomic mass is 9.96. The van der Waals surface area contributed by atoms with E-state index >= 15 is 0 Å². The molecule has 24 nitrogen and oxygen atoms in total. The molecule has 4 saturated heterocycles. The Balaban J connectivity index is 0.000000146. The lowest BCUT2D eigenvalue weighted by Crippen LogP contribution is -2.39. The number of aryl methyl sites for hydroxylation is 2. The number of nitrogen functional groups attached to an aromatic ring is 2. The highest BCUT2D eigenvalue weighted by Gasteiger charge is 2.33. The minimum Gasteiger partial charge on any atom is -0.378 e. The standard InChI is InChI=1S/C24H32N10O2.C18H21ClN8O.C6H12N2O/c1-14-17(12-27-23(26)28-14)20-30-21(32-8-10-36-11-9-32)18-22(31-20)34(13-15-2-3-15)24(29-18)33-6-4-16(5-7-33)19(25)35;1-10-12(8-21-18(20)22-10)14-24-15(26-4-6-28-7-5-26)13-16(25-14)27(17(19)23-13)9-11-2-3-11;7-6(9)5-1-3-8-4-2-5/h12,15-16H,2-11,13H2,1H3,(H2,25,35)(H2,26,27,28);8,11H,2-7,9H2,1H3,(H2,20,21,22);5,8H,1-4H2,(H2,7,9). The molecule has 0 unspecified atom stereocenters. The van der Waals surface area contributed by atoms with Crippen molar-refractivity contribution >= 4 is 75.2 Å². The van der Waals surface area contributed by atoms with Gasteiger partial charge < -0.3 is 52.4 Å². The van der Waals surface area contributed by atoms with Crippen LogP contribution in [0.1, 0.15) is 62.8 Å². The van der Waals surface area contributed by atoms with Gasteiger partial charge in [0.1, 0.15) is 0 Å². The first-order chi connectivity index (χ1) is 35.4. The van der Waals surface area contributed by atoms with Gasteiger partial charge in [-0.15, -0.1) is 0 Å². The Morgan fingerprint density at radius 1 is 0.589 bits per heavy atom. The lowest BCUT2D eigenvalue weighted by Gasteiger charge is -2.31. The number of carbonyl (C=O) groups is 2. The molecule has 25 heteroatoms. The molecule has 6 aromatic heterocycles. The van der Waals surface area contributed by atoms with E-state index in [2.05, 4.69) is 49.5 Å². The molecule has 9 N–H and O–H groups in total. The van der Waals surface area contributed by atoms with Gasteiger partial charge in [0, 0.05) is 76.6 Å². The average molecular weight is 1020 g/mol. The van der Waals surface area contributed by atoms with Crippen molar-refractivity contribution < 1.29 is 19.1 Å². The Morgan fingerprint density at radius 2 is 1.04 bits per heavy atom. The molecule has 73 heavy (non-hydrogen) atoms. The molecule has 6 aromatic rings. The fraction of sp³-hybridized carbons (Fsp3) is 0.583. The van der Waals surface area contributed by atoms with Crippen molar-refractivity contribution in [1.29, 1.82) is 0 Å². The van der Waals surface area contributed by atoms with E-state index in [0.717, 1.165) is 154 Å². The van der Waals surface area contributed by atoms with E-state index in [9.17, 15) is 9.59 Å². The number of anilines is 5. The fourth-order valence-corrected chi connectivity index (χ4v) is 9.97. The van der Waals surface area contributed by atoms with Gasteiger partial charge in [0.15, 0.2) is 45.6 Å². The van der Waals surface area contributed by atoms with Crippen molar-refractivity contribution in [1.82, 2.24) is 64.3 Å². The van der Waals surface area contributed by atoms with Crippen LogP contribution >= 0.6 is 11.6 Å². The topological polar surface area (TPSA) is 317 Å². The van der Waals surface area contributed by atoms with Gasteiger partial charge in [0.2, 0.25) is 34.9 Å². The van der Waals surface area contributed by atoms with Crippen LogP contribution in [0.3, 0.4) is 0 Å². The number of hydrogen-bond donors (Lipinski definition) is 5. The molecule has 0 radical (unpaired) electrons. The monoisotopic (exact) mass is 1020 g/mol. The van der Waals surface area contributed by atoms with Crippen molar-refractivity contribution in [3.05, 3.63) is 29.1 Å². The van der Waals surface area contributed by atoms with Gasteiger partial charge in [-0.2, -0.15) is 0 Å². The van der Waals surface area contributed by atoms with Gasteiger partial charge in [0.25, 0.3) is 0 Å². The van der Waals surface area contributed by atoms with Gasteiger partial charge in [0.05, 0.1) is 48.9 Å². The molecule has 4 aliphatic heterocycles. The Morgan fingerprint density at radius 3 is 1.49 bits per heavy atom. The second-order valence-electron chi connectivity index (χ2n) is 19.7. The summed E-state index contributed by atoms with van der Waals surface area (Å²) in [5, 5.41) is 3.61. The van der Waals surface area contributed by atoms with Gasteiger partial charge >= 0.3 is 0 Å². The molecule has 2 saturated carbocycles. The number of fused-ring (bicyclic) bond motifs is 2. The highest BCUT2D eigenvalue weighted by Crippen LogP contribution is 2.39. The van der Waals surface area contributed by atoms with Gasteiger partial charge in [-0.3, -0.25) is 18.7 Å². The summed E-state index contributed by atoms with van der Waals surface area (Å²) in [7, 11) is 0. The SMILES string of the molecule is Cc1nc(N)ncc1-c1nc(N2CCOCC2)c2nc(Cl)n(CC3CC3)c2n1.Cc1nc(N)ncc1-c1nc(N2CCOCC2)c2nc(N3CCC(C(N)=O)CC3)n(CC3CC3)c2n1.NC(=O)C1CCNCC1. The van der Waals surface area contributed by atoms with Crippen LogP contribution < -0.4 is 43.0 Å². The second kappa shape index (κ2) is 21.8. The largest absolute Gasteiger partial charge is 0.378 e. The van der Waals surface area contributed by atoms with Crippen molar-refractivity contribution in [3.63, 3.8) is 0 Å². The number of ether oxygens (including phenoxy) is 2. The number of hydrogen-bond acceptors (Lipinski definition) is 20. The number of carbonyl (C=O) groups excluding carboxylic acids is 2. The number of imidazole rings is 2. The summed E-state index contributed by atoms with van der Waals surface area (Å²) in [6.45, 7) is 14.4. The van der Waals surface area contributed by atoms with E-state index in [1.807, 2.05) is 18.4 Å². The first kappa shape index (κ1) is 49.9. The van der Waals surface area contributed by atoms with E-state index in [1.165, 1.54) is 25.7 Å². The number of piperidine rings is 2. The molecule has 0 atom stereocenters. The number of rotatable bonds is 11. The molecule has 6 fully saturated rings. The Labute approximate surface area is 427 Å². The number of primary amides is 2. The van der Waals surface area contributed by atoms with Crippen LogP contribution in [0.25, 0.3) is 45.1 Å². The van der Waals surface area contributed by atoms with Crippen molar-refractivity contribution in [2.45, 2.75) is 78.3 Å². The molecule has 12 rings (SSSR count). The number of halogens is 1. The Kier molecular flexibility index (Phi) is 14.9. The Hall–Kier alpha value is -6.63. The Bertz CT molecular complexity index is 2950. The molecule has 0 spiro atoms. The predicted octanol–water partition coefficient (Wildman–Crippen LogP) is 2.67. The molecule has 388 valence electrons. The van der Waals surface area contributed by atoms with E-state index in [4.69, 9.17) is 68.9 Å².